The lowest BCUT2D eigenvalue weighted by molar-refractivity contribution is 0.588. The largest absolute Gasteiger partial charge is 0.326 e. The molecule has 17 heavy (non-hydrogen) atoms. The van der Waals surface area contributed by atoms with Gasteiger partial charge in [-0.05, 0) is 35.4 Å². The van der Waals surface area contributed by atoms with Gasteiger partial charge in [0.05, 0.1) is 5.56 Å². The van der Waals surface area contributed by atoms with E-state index in [2.05, 4.69) is 0 Å². The van der Waals surface area contributed by atoms with Gasteiger partial charge < -0.3 is 5.73 Å². The van der Waals surface area contributed by atoms with Crippen molar-refractivity contribution < 1.29 is 13.2 Å². The molecule has 2 rings (SSSR count). The zero-order chi connectivity index (χ0) is 12.4. The molecule has 0 unspecified atom stereocenters. The van der Waals surface area contributed by atoms with Crippen molar-refractivity contribution in [2.24, 2.45) is 5.73 Å². The summed E-state index contributed by atoms with van der Waals surface area (Å²) in [6, 6.07) is 7.25. The molecule has 0 saturated heterocycles. The van der Waals surface area contributed by atoms with Crippen LogP contribution < -0.4 is 5.73 Å². The molecule has 2 aromatic carbocycles. The average molecular weight is 237 g/mol. The quantitative estimate of drug-likeness (QED) is 0.852. The molecule has 0 aromatic heterocycles. The van der Waals surface area contributed by atoms with Gasteiger partial charge in [-0.25, -0.2) is 13.2 Å². The molecule has 2 aromatic rings. The minimum atomic E-state index is -0.689. The van der Waals surface area contributed by atoms with Crippen LogP contribution in [0.5, 0.6) is 0 Å². The van der Waals surface area contributed by atoms with Crippen molar-refractivity contribution in [3.63, 3.8) is 0 Å². The third-order valence-corrected chi connectivity index (χ3v) is 2.52. The first kappa shape index (κ1) is 11.7. The van der Waals surface area contributed by atoms with E-state index in [1.807, 2.05) is 0 Å². The number of rotatable bonds is 2. The van der Waals surface area contributed by atoms with E-state index in [1.165, 1.54) is 18.2 Å². The first-order valence-electron chi connectivity index (χ1n) is 5.06. The molecule has 0 fully saturated rings. The summed E-state index contributed by atoms with van der Waals surface area (Å²) in [7, 11) is 0. The summed E-state index contributed by atoms with van der Waals surface area (Å²) >= 11 is 0. The topological polar surface area (TPSA) is 26.0 Å². The zero-order valence-corrected chi connectivity index (χ0v) is 8.88. The first-order valence-corrected chi connectivity index (χ1v) is 5.06. The molecular formula is C13H10F3N. The molecule has 0 bridgehead atoms. The third-order valence-electron chi connectivity index (χ3n) is 2.52. The van der Waals surface area contributed by atoms with Crippen LogP contribution in [0.3, 0.4) is 0 Å². The van der Waals surface area contributed by atoms with Crippen molar-refractivity contribution in [2.45, 2.75) is 6.54 Å². The van der Waals surface area contributed by atoms with Gasteiger partial charge in [-0.15, -0.1) is 0 Å². The molecule has 0 atom stereocenters. The van der Waals surface area contributed by atoms with Gasteiger partial charge in [0.15, 0.2) is 0 Å². The summed E-state index contributed by atoms with van der Waals surface area (Å²) in [5.41, 5.74) is 5.92. The van der Waals surface area contributed by atoms with Crippen molar-refractivity contribution in [1.82, 2.24) is 0 Å². The van der Waals surface area contributed by atoms with E-state index in [-0.39, 0.29) is 17.7 Å². The number of nitrogens with two attached hydrogens (primary N) is 1. The van der Waals surface area contributed by atoms with Crippen LogP contribution in [0.15, 0.2) is 36.4 Å². The van der Waals surface area contributed by atoms with Crippen molar-refractivity contribution in [1.29, 1.82) is 0 Å². The van der Waals surface area contributed by atoms with Gasteiger partial charge in [0.1, 0.15) is 17.5 Å². The van der Waals surface area contributed by atoms with Crippen molar-refractivity contribution in [3.05, 3.63) is 59.4 Å². The van der Waals surface area contributed by atoms with Gasteiger partial charge in [0.25, 0.3) is 0 Å². The fourth-order valence-electron chi connectivity index (χ4n) is 1.73. The van der Waals surface area contributed by atoms with E-state index in [9.17, 15) is 13.2 Å². The molecular weight excluding hydrogens is 227 g/mol. The maximum atomic E-state index is 13.6. The minimum Gasteiger partial charge on any atom is -0.326 e. The predicted octanol–water partition coefficient (Wildman–Crippen LogP) is 3.23. The van der Waals surface area contributed by atoms with Crippen LogP contribution in [0.1, 0.15) is 5.56 Å². The average Bonchev–Trinajstić information content (AvgIpc) is 2.30. The van der Waals surface area contributed by atoms with Gasteiger partial charge >= 0.3 is 0 Å². The van der Waals surface area contributed by atoms with E-state index in [0.29, 0.717) is 5.56 Å². The Hall–Kier alpha value is -1.81. The fraction of sp³-hybridized carbons (Fsp3) is 0.0769. The molecule has 4 heteroatoms. The van der Waals surface area contributed by atoms with Crippen LogP contribution >= 0.6 is 0 Å². The van der Waals surface area contributed by atoms with Crippen molar-refractivity contribution >= 4 is 0 Å². The van der Waals surface area contributed by atoms with E-state index in [0.717, 1.165) is 18.2 Å². The van der Waals surface area contributed by atoms with E-state index in [4.69, 9.17) is 5.73 Å². The Labute approximate surface area is 96.7 Å². The number of hydrogen-bond acceptors (Lipinski definition) is 1. The van der Waals surface area contributed by atoms with Crippen LogP contribution in [0.25, 0.3) is 11.1 Å². The molecule has 0 spiro atoms. The maximum absolute atomic E-state index is 13.6. The molecule has 0 radical (unpaired) electrons. The second kappa shape index (κ2) is 4.59. The normalized spacial score (nSPS) is 10.6. The number of benzene rings is 2. The van der Waals surface area contributed by atoms with Crippen LogP contribution in [0.2, 0.25) is 0 Å². The Bertz CT molecular complexity index is 532. The van der Waals surface area contributed by atoms with Crippen LogP contribution in [0.4, 0.5) is 13.2 Å². The molecule has 0 saturated carbocycles. The molecule has 0 aliphatic carbocycles. The molecule has 1 nitrogen and oxygen atoms in total. The summed E-state index contributed by atoms with van der Waals surface area (Å²) < 4.78 is 40.2. The summed E-state index contributed by atoms with van der Waals surface area (Å²) in [5, 5.41) is 0. The van der Waals surface area contributed by atoms with Gasteiger partial charge in [-0.3, -0.25) is 0 Å². The second-order valence-corrected chi connectivity index (χ2v) is 3.60. The Kier molecular flexibility index (Phi) is 3.15. The highest BCUT2D eigenvalue weighted by atomic mass is 19.1. The summed E-state index contributed by atoms with van der Waals surface area (Å²) in [5.74, 6) is -1.86. The second-order valence-electron chi connectivity index (χ2n) is 3.60. The monoisotopic (exact) mass is 237 g/mol. The van der Waals surface area contributed by atoms with Crippen LogP contribution in [0, 0.1) is 17.5 Å². The molecule has 2 N–H and O–H groups in total. The Morgan fingerprint density at radius 1 is 0.941 bits per heavy atom. The van der Waals surface area contributed by atoms with Gasteiger partial charge in [-0.1, -0.05) is 12.1 Å². The first-order chi connectivity index (χ1) is 8.13. The standard InChI is InChI=1S/C13H10F3N/c14-9-4-5-10(8(6-9)7-17)13-11(15)2-1-3-12(13)16/h1-6H,7,17H2. The zero-order valence-electron chi connectivity index (χ0n) is 8.88. The van der Waals surface area contributed by atoms with Gasteiger partial charge in [0.2, 0.25) is 0 Å². The third kappa shape index (κ3) is 2.17. The lowest BCUT2D eigenvalue weighted by Gasteiger charge is -2.10. The molecule has 0 aliphatic rings. The highest BCUT2D eigenvalue weighted by molar-refractivity contribution is 5.68. The fourth-order valence-corrected chi connectivity index (χ4v) is 1.73. The summed E-state index contributed by atoms with van der Waals surface area (Å²) in [6.07, 6.45) is 0. The van der Waals surface area contributed by atoms with E-state index < -0.39 is 17.5 Å². The Balaban J connectivity index is 2.68. The molecule has 88 valence electrons. The number of halogens is 3. The van der Waals surface area contributed by atoms with E-state index >= 15 is 0 Å². The smallest absolute Gasteiger partial charge is 0.133 e. The molecule has 0 heterocycles. The predicted molar refractivity (Wildman–Crippen MR) is 59.6 cm³/mol. The van der Waals surface area contributed by atoms with Crippen LogP contribution in [-0.4, -0.2) is 0 Å². The lowest BCUT2D eigenvalue weighted by Crippen LogP contribution is -2.02. The lowest BCUT2D eigenvalue weighted by atomic mass is 9.98. The summed E-state index contributed by atoms with van der Waals surface area (Å²) in [6.45, 7) is 0.0147. The highest BCUT2D eigenvalue weighted by Gasteiger charge is 2.14. The van der Waals surface area contributed by atoms with Gasteiger partial charge in [0, 0.05) is 6.54 Å². The van der Waals surface area contributed by atoms with Crippen LogP contribution in [-0.2, 0) is 6.54 Å². The SMILES string of the molecule is NCc1cc(F)ccc1-c1c(F)cccc1F. The van der Waals surface area contributed by atoms with Crippen molar-refractivity contribution in [3.8, 4) is 11.1 Å². The van der Waals surface area contributed by atoms with Gasteiger partial charge in [-0.2, -0.15) is 0 Å². The Morgan fingerprint density at radius 3 is 2.18 bits per heavy atom. The minimum absolute atomic E-state index is 0.0147. The number of hydrogen-bond donors (Lipinski definition) is 1. The van der Waals surface area contributed by atoms with E-state index in [1.54, 1.807) is 0 Å². The highest BCUT2D eigenvalue weighted by Crippen LogP contribution is 2.29. The van der Waals surface area contributed by atoms with Crippen molar-refractivity contribution in [2.75, 3.05) is 0 Å². The summed E-state index contributed by atoms with van der Waals surface area (Å²) in [4.78, 5) is 0. The molecule has 0 amide bonds. The Morgan fingerprint density at radius 2 is 1.59 bits per heavy atom. The maximum Gasteiger partial charge on any atom is 0.133 e. The molecule has 0 aliphatic heterocycles.